The van der Waals surface area contributed by atoms with Crippen molar-refractivity contribution in [2.24, 2.45) is 16.9 Å². The number of amides is 4. The molecule has 1 heterocycles. The third-order valence-corrected chi connectivity index (χ3v) is 3.22. The van der Waals surface area contributed by atoms with Crippen molar-refractivity contribution < 1.29 is 29.0 Å². The Morgan fingerprint density at radius 3 is 2.24 bits per heavy atom. The molecule has 1 fully saturated rings. The van der Waals surface area contributed by atoms with Gasteiger partial charge in [0, 0.05) is 0 Å². The molecular weight excluding hydrogens is 284 g/mol. The fourth-order valence-electron chi connectivity index (χ4n) is 1.90. The second-order valence-corrected chi connectivity index (χ2v) is 5.03. The van der Waals surface area contributed by atoms with Gasteiger partial charge in [-0.3, -0.25) is 14.4 Å². The lowest BCUT2D eigenvalue weighted by atomic mass is 9.85. The number of hydrogen-bond donors (Lipinski definition) is 4. The third kappa shape index (κ3) is 4.05. The fourth-order valence-corrected chi connectivity index (χ4v) is 1.90. The summed E-state index contributed by atoms with van der Waals surface area (Å²) in [6, 6.07) is -1.61. The molecule has 2 atom stereocenters. The SMILES string of the molecule is CC1(C(=O)O)COCC1NC(=O)N(CC(N)=O)CC(N)=O. The van der Waals surface area contributed by atoms with E-state index in [2.05, 4.69) is 5.32 Å². The molecule has 1 rings (SSSR count). The molecule has 118 valence electrons. The molecule has 1 aliphatic rings. The molecule has 0 spiro atoms. The minimum Gasteiger partial charge on any atom is -0.481 e. The van der Waals surface area contributed by atoms with Crippen LogP contribution in [0.1, 0.15) is 6.92 Å². The van der Waals surface area contributed by atoms with Gasteiger partial charge in [-0.25, -0.2) is 4.79 Å². The molecule has 0 aromatic heterocycles. The van der Waals surface area contributed by atoms with E-state index in [-0.39, 0.29) is 13.2 Å². The number of nitrogens with zero attached hydrogens (tertiary/aromatic N) is 1. The van der Waals surface area contributed by atoms with Crippen molar-refractivity contribution >= 4 is 23.8 Å². The van der Waals surface area contributed by atoms with Crippen LogP contribution in [0.25, 0.3) is 0 Å². The van der Waals surface area contributed by atoms with E-state index in [4.69, 9.17) is 16.2 Å². The fraction of sp³-hybridized carbons (Fsp3) is 0.636. The zero-order valence-corrected chi connectivity index (χ0v) is 11.5. The molecule has 1 aliphatic heterocycles. The largest absolute Gasteiger partial charge is 0.481 e. The van der Waals surface area contributed by atoms with E-state index < -0.39 is 48.4 Å². The second kappa shape index (κ2) is 6.39. The van der Waals surface area contributed by atoms with Gasteiger partial charge in [-0.05, 0) is 6.92 Å². The number of carboxylic acid groups (broad SMARTS) is 1. The highest BCUT2D eigenvalue weighted by molar-refractivity contribution is 5.88. The Hall–Kier alpha value is -2.36. The summed E-state index contributed by atoms with van der Waals surface area (Å²) in [7, 11) is 0. The van der Waals surface area contributed by atoms with Crippen LogP contribution in [0.3, 0.4) is 0 Å². The Morgan fingerprint density at radius 2 is 1.81 bits per heavy atom. The van der Waals surface area contributed by atoms with Crippen LogP contribution in [0.15, 0.2) is 0 Å². The molecule has 1 saturated heterocycles. The van der Waals surface area contributed by atoms with Crippen molar-refractivity contribution in [2.75, 3.05) is 26.3 Å². The molecule has 0 bridgehead atoms. The maximum Gasteiger partial charge on any atom is 0.318 e. The summed E-state index contributed by atoms with van der Waals surface area (Å²) in [6.45, 7) is 0.368. The number of ether oxygens (including phenoxy) is 1. The Kier molecular flexibility index (Phi) is 5.08. The third-order valence-electron chi connectivity index (χ3n) is 3.22. The molecular formula is C11H18N4O6. The number of carbonyl (C=O) groups excluding carboxylic acids is 3. The van der Waals surface area contributed by atoms with Crippen molar-refractivity contribution in [3.63, 3.8) is 0 Å². The summed E-state index contributed by atoms with van der Waals surface area (Å²) in [6.07, 6.45) is 0. The van der Waals surface area contributed by atoms with Gasteiger partial charge in [0.15, 0.2) is 0 Å². The lowest BCUT2D eigenvalue weighted by Crippen LogP contribution is -2.55. The summed E-state index contributed by atoms with van der Waals surface area (Å²) in [4.78, 5) is 45.9. The van der Waals surface area contributed by atoms with Gasteiger partial charge in [0.1, 0.15) is 18.5 Å². The molecule has 0 saturated carbocycles. The van der Waals surface area contributed by atoms with Crippen LogP contribution < -0.4 is 16.8 Å². The average molecular weight is 302 g/mol. The highest BCUT2D eigenvalue weighted by Gasteiger charge is 2.47. The predicted molar refractivity (Wildman–Crippen MR) is 68.8 cm³/mol. The summed E-state index contributed by atoms with van der Waals surface area (Å²) in [5.74, 6) is -2.77. The Balaban J connectivity index is 2.78. The topological polar surface area (TPSA) is 165 Å². The highest BCUT2D eigenvalue weighted by Crippen LogP contribution is 2.28. The molecule has 0 radical (unpaired) electrons. The van der Waals surface area contributed by atoms with Gasteiger partial charge in [-0.2, -0.15) is 0 Å². The van der Waals surface area contributed by atoms with Crippen LogP contribution in [0.2, 0.25) is 0 Å². The second-order valence-electron chi connectivity index (χ2n) is 5.03. The Labute approximate surface area is 120 Å². The number of rotatable bonds is 6. The number of hydrogen-bond acceptors (Lipinski definition) is 5. The van der Waals surface area contributed by atoms with Gasteiger partial charge in [0.05, 0.1) is 19.3 Å². The van der Waals surface area contributed by atoms with Crippen molar-refractivity contribution in [3.8, 4) is 0 Å². The van der Waals surface area contributed by atoms with Crippen molar-refractivity contribution in [3.05, 3.63) is 0 Å². The van der Waals surface area contributed by atoms with Gasteiger partial charge in [-0.15, -0.1) is 0 Å². The van der Waals surface area contributed by atoms with Crippen LogP contribution in [-0.4, -0.2) is 66.2 Å². The lowest BCUT2D eigenvalue weighted by molar-refractivity contribution is -0.148. The number of urea groups is 1. The minimum atomic E-state index is -1.29. The van der Waals surface area contributed by atoms with E-state index in [9.17, 15) is 24.3 Å². The van der Waals surface area contributed by atoms with E-state index in [0.717, 1.165) is 4.90 Å². The first-order valence-electron chi connectivity index (χ1n) is 6.10. The molecule has 2 unspecified atom stereocenters. The number of carboxylic acids is 1. The average Bonchev–Trinajstić information content (AvgIpc) is 2.70. The van der Waals surface area contributed by atoms with E-state index >= 15 is 0 Å². The lowest BCUT2D eigenvalue weighted by Gasteiger charge is -2.28. The standard InChI is InChI=1S/C11H18N4O6/c1-11(9(18)19)5-21-4-6(11)14-10(20)15(2-7(12)16)3-8(13)17/h6H,2-5H2,1H3,(H2,12,16)(H2,13,17)(H,14,20)(H,18,19). The van der Waals surface area contributed by atoms with Gasteiger partial charge >= 0.3 is 12.0 Å². The highest BCUT2D eigenvalue weighted by atomic mass is 16.5. The number of primary amides is 2. The first-order chi connectivity index (χ1) is 9.66. The summed E-state index contributed by atoms with van der Waals surface area (Å²) < 4.78 is 5.08. The van der Waals surface area contributed by atoms with Crippen LogP contribution in [0.4, 0.5) is 4.79 Å². The zero-order chi connectivity index (χ0) is 16.2. The smallest absolute Gasteiger partial charge is 0.318 e. The molecule has 10 nitrogen and oxygen atoms in total. The van der Waals surface area contributed by atoms with Crippen LogP contribution in [0, 0.1) is 5.41 Å². The van der Waals surface area contributed by atoms with E-state index in [0.29, 0.717) is 0 Å². The summed E-state index contributed by atoms with van der Waals surface area (Å²) >= 11 is 0. The van der Waals surface area contributed by atoms with Crippen LogP contribution in [-0.2, 0) is 19.1 Å². The molecule has 4 amide bonds. The Bertz CT molecular complexity index is 452. The number of carbonyl (C=O) groups is 4. The van der Waals surface area contributed by atoms with E-state index in [1.54, 1.807) is 0 Å². The zero-order valence-electron chi connectivity index (χ0n) is 11.5. The molecule has 0 aliphatic carbocycles. The molecule has 0 aromatic rings. The molecule has 21 heavy (non-hydrogen) atoms. The monoisotopic (exact) mass is 302 g/mol. The maximum absolute atomic E-state index is 12.0. The number of nitrogens with one attached hydrogen (secondary N) is 1. The van der Waals surface area contributed by atoms with Gasteiger partial charge in [0.25, 0.3) is 0 Å². The van der Waals surface area contributed by atoms with Crippen molar-refractivity contribution in [1.82, 2.24) is 10.2 Å². The predicted octanol–water partition coefficient (Wildman–Crippen LogP) is -2.54. The van der Waals surface area contributed by atoms with E-state index in [1.807, 2.05) is 0 Å². The Morgan fingerprint density at radius 1 is 1.29 bits per heavy atom. The van der Waals surface area contributed by atoms with Gasteiger partial charge in [-0.1, -0.05) is 0 Å². The van der Waals surface area contributed by atoms with Gasteiger partial charge < -0.3 is 31.5 Å². The van der Waals surface area contributed by atoms with Crippen LogP contribution >= 0.6 is 0 Å². The van der Waals surface area contributed by atoms with Crippen molar-refractivity contribution in [2.45, 2.75) is 13.0 Å². The van der Waals surface area contributed by atoms with Crippen LogP contribution in [0.5, 0.6) is 0 Å². The maximum atomic E-state index is 12.0. The summed E-state index contributed by atoms with van der Waals surface area (Å²) in [5, 5.41) is 11.6. The normalized spacial score (nSPS) is 24.3. The molecule has 0 aromatic carbocycles. The number of nitrogens with two attached hydrogens (primary N) is 2. The molecule has 6 N–H and O–H groups in total. The van der Waals surface area contributed by atoms with Crippen molar-refractivity contribution in [1.29, 1.82) is 0 Å². The first-order valence-corrected chi connectivity index (χ1v) is 6.10. The van der Waals surface area contributed by atoms with E-state index in [1.165, 1.54) is 6.92 Å². The minimum absolute atomic E-state index is 0.00945. The first kappa shape index (κ1) is 16.7. The number of aliphatic carboxylic acids is 1. The quantitative estimate of drug-likeness (QED) is 0.422. The molecule has 10 heteroatoms. The van der Waals surface area contributed by atoms with Gasteiger partial charge in [0.2, 0.25) is 11.8 Å². The summed E-state index contributed by atoms with van der Waals surface area (Å²) in [5.41, 5.74) is 8.68.